The summed E-state index contributed by atoms with van der Waals surface area (Å²) < 4.78 is 11.0. The highest BCUT2D eigenvalue weighted by Gasteiger charge is 2.21. The van der Waals surface area contributed by atoms with Crippen LogP contribution < -0.4 is 36.8 Å². The molecule has 254 valence electrons. The van der Waals surface area contributed by atoms with Crippen LogP contribution in [0.3, 0.4) is 0 Å². The second-order valence-corrected chi connectivity index (χ2v) is 11.3. The van der Waals surface area contributed by atoms with Gasteiger partial charge in [0.25, 0.3) is 5.91 Å². The number of benzene rings is 3. The zero-order chi connectivity index (χ0) is 34.0. The molecule has 0 unspecified atom stereocenters. The van der Waals surface area contributed by atoms with E-state index in [2.05, 4.69) is 31.1 Å². The van der Waals surface area contributed by atoms with Crippen molar-refractivity contribution in [3.05, 3.63) is 78.4 Å². The molecule has 6 rings (SSSR count). The maximum absolute atomic E-state index is 12.7. The molecule has 0 spiro atoms. The van der Waals surface area contributed by atoms with Crippen LogP contribution in [0.5, 0.6) is 0 Å². The number of nitrogens with zero attached hydrogens (tertiary/aromatic N) is 5. The molecule has 1 aromatic heterocycles. The Bertz CT molecular complexity index is 1720. The van der Waals surface area contributed by atoms with E-state index in [1.807, 2.05) is 12.1 Å². The number of nitrogens with one attached hydrogen (secondary N) is 4. The number of hydrogen-bond acceptors (Lipinski definition) is 11. The third kappa shape index (κ3) is 8.97. The minimum Gasteiger partial charge on any atom is -0.397 e. The molecule has 0 atom stereocenters. The smallest absolute Gasteiger partial charge is 0.323 e. The summed E-state index contributed by atoms with van der Waals surface area (Å²) in [5, 5.41) is 11.0. The zero-order valence-electron chi connectivity index (χ0n) is 26.9. The Kier molecular flexibility index (Phi) is 10.7. The van der Waals surface area contributed by atoms with E-state index in [0.29, 0.717) is 98.6 Å². The summed E-state index contributed by atoms with van der Waals surface area (Å²) in [4.78, 5) is 56.0. The first-order chi connectivity index (χ1) is 23.9. The van der Waals surface area contributed by atoms with Crippen molar-refractivity contribution in [1.82, 2.24) is 20.3 Å². The van der Waals surface area contributed by atoms with Gasteiger partial charge in [0.05, 0.1) is 37.8 Å². The lowest BCUT2D eigenvalue weighted by atomic mass is 10.2. The molecule has 0 aliphatic carbocycles. The van der Waals surface area contributed by atoms with E-state index in [9.17, 15) is 14.4 Å². The highest BCUT2D eigenvalue weighted by molar-refractivity contribution is 6.01. The van der Waals surface area contributed by atoms with Crippen molar-refractivity contribution in [2.75, 3.05) is 90.6 Å². The van der Waals surface area contributed by atoms with E-state index < -0.39 is 6.03 Å². The van der Waals surface area contributed by atoms with Gasteiger partial charge in [-0.15, -0.1) is 0 Å². The maximum Gasteiger partial charge on any atom is 0.323 e. The molecule has 2 fully saturated rings. The zero-order valence-corrected chi connectivity index (χ0v) is 26.9. The van der Waals surface area contributed by atoms with Gasteiger partial charge in [-0.3, -0.25) is 9.59 Å². The van der Waals surface area contributed by atoms with Crippen molar-refractivity contribution in [3.8, 4) is 11.4 Å². The van der Waals surface area contributed by atoms with Crippen LogP contribution in [0, 0.1) is 0 Å². The normalized spacial score (nSPS) is 14.5. The highest BCUT2D eigenvalue weighted by Crippen LogP contribution is 2.24. The summed E-state index contributed by atoms with van der Waals surface area (Å²) in [6, 6.07) is 20.2. The van der Waals surface area contributed by atoms with Crippen molar-refractivity contribution in [2.45, 2.75) is 6.42 Å². The number of carbonyl (C=O) groups is 3. The number of morpholine rings is 2. The Hall–Kier alpha value is -5.80. The SMILES string of the molecule is Nc1ccccc1NC(=O)CCNC(=O)c1ccc(NC(=O)Nc2ccc(-c3nc(N4CCOCC4)nc(N4CCOCC4)n3)cc2)cc1. The minimum atomic E-state index is -0.445. The van der Waals surface area contributed by atoms with Gasteiger partial charge in [0.1, 0.15) is 0 Å². The number of para-hydroxylation sites is 2. The summed E-state index contributed by atoms with van der Waals surface area (Å²) in [7, 11) is 0. The third-order valence-electron chi connectivity index (χ3n) is 7.88. The second-order valence-electron chi connectivity index (χ2n) is 11.3. The molecule has 0 radical (unpaired) electrons. The van der Waals surface area contributed by atoms with Crippen LogP contribution >= 0.6 is 0 Å². The number of aromatic nitrogens is 3. The Balaban J connectivity index is 1.01. The number of anilines is 6. The Labute approximate surface area is 283 Å². The largest absolute Gasteiger partial charge is 0.397 e. The standard InChI is InChI=1S/C34H38N10O5/c35-27-3-1-2-4-28(27)39-29(45)13-14-36-31(46)24-7-11-26(12-8-24)38-34(47)37-25-9-5-23(6-10-25)30-40-32(43-15-19-48-20-16-43)42-33(41-30)44-17-21-49-22-18-44/h1-12H,13-22,35H2,(H,36,46)(H,39,45)(H2,37,38,47). The van der Waals surface area contributed by atoms with Crippen LogP contribution in [0.4, 0.5) is 39.4 Å². The predicted molar refractivity (Wildman–Crippen MR) is 187 cm³/mol. The third-order valence-corrected chi connectivity index (χ3v) is 7.88. The number of nitrogens with two attached hydrogens (primary N) is 1. The molecule has 0 saturated carbocycles. The molecule has 2 saturated heterocycles. The quantitative estimate of drug-likeness (QED) is 0.156. The topological polar surface area (TPSA) is 189 Å². The summed E-state index contributed by atoms with van der Waals surface area (Å²) >= 11 is 0. The van der Waals surface area contributed by atoms with Crippen molar-refractivity contribution < 1.29 is 23.9 Å². The van der Waals surface area contributed by atoms with E-state index in [1.54, 1.807) is 60.7 Å². The first-order valence-corrected chi connectivity index (χ1v) is 16.0. The van der Waals surface area contributed by atoms with Crippen LogP contribution in [0.1, 0.15) is 16.8 Å². The molecular formula is C34H38N10O5. The van der Waals surface area contributed by atoms with Crippen LogP contribution in [-0.4, -0.2) is 91.9 Å². The number of rotatable bonds is 10. The average molecular weight is 667 g/mol. The van der Waals surface area contributed by atoms with E-state index in [-0.39, 0.29) is 24.8 Å². The fourth-order valence-electron chi connectivity index (χ4n) is 5.21. The first-order valence-electron chi connectivity index (χ1n) is 16.0. The molecule has 15 nitrogen and oxygen atoms in total. The Morgan fingerprint density at radius 3 is 1.82 bits per heavy atom. The van der Waals surface area contributed by atoms with E-state index >= 15 is 0 Å². The highest BCUT2D eigenvalue weighted by atomic mass is 16.5. The Morgan fingerprint density at radius 2 is 1.24 bits per heavy atom. The van der Waals surface area contributed by atoms with Gasteiger partial charge in [0, 0.05) is 61.6 Å². The molecular weight excluding hydrogens is 628 g/mol. The van der Waals surface area contributed by atoms with Gasteiger partial charge < -0.3 is 46.3 Å². The number of nitrogen functional groups attached to an aromatic ring is 1. The van der Waals surface area contributed by atoms with Crippen molar-refractivity contribution in [3.63, 3.8) is 0 Å². The van der Waals surface area contributed by atoms with Crippen molar-refractivity contribution in [2.24, 2.45) is 0 Å². The van der Waals surface area contributed by atoms with Gasteiger partial charge in [-0.1, -0.05) is 12.1 Å². The van der Waals surface area contributed by atoms with Crippen LogP contribution in [-0.2, 0) is 14.3 Å². The fourth-order valence-corrected chi connectivity index (χ4v) is 5.21. The lowest BCUT2D eigenvalue weighted by Gasteiger charge is -2.30. The van der Waals surface area contributed by atoms with Crippen molar-refractivity contribution >= 4 is 52.5 Å². The second kappa shape index (κ2) is 15.9. The molecule has 4 aromatic rings. The minimum absolute atomic E-state index is 0.0847. The van der Waals surface area contributed by atoms with Gasteiger partial charge in [0.15, 0.2) is 5.82 Å². The molecule has 2 aliphatic heterocycles. The molecule has 4 amide bonds. The molecule has 15 heteroatoms. The van der Waals surface area contributed by atoms with E-state index in [4.69, 9.17) is 30.2 Å². The fraction of sp³-hybridized carbons (Fsp3) is 0.294. The van der Waals surface area contributed by atoms with Gasteiger partial charge in [-0.05, 0) is 60.7 Å². The van der Waals surface area contributed by atoms with Crippen LogP contribution in [0.25, 0.3) is 11.4 Å². The number of urea groups is 1. The predicted octanol–water partition coefficient (Wildman–Crippen LogP) is 3.20. The number of ether oxygens (including phenoxy) is 2. The molecule has 2 aliphatic rings. The molecule has 6 N–H and O–H groups in total. The summed E-state index contributed by atoms with van der Waals surface area (Å²) in [5.74, 6) is 1.16. The van der Waals surface area contributed by atoms with E-state index in [0.717, 1.165) is 5.56 Å². The lowest BCUT2D eigenvalue weighted by molar-refractivity contribution is -0.116. The maximum atomic E-state index is 12.7. The Morgan fingerprint density at radius 1 is 0.694 bits per heavy atom. The molecule has 3 heterocycles. The number of amides is 4. The average Bonchev–Trinajstić information content (AvgIpc) is 3.13. The monoisotopic (exact) mass is 666 g/mol. The first kappa shape index (κ1) is 33.1. The molecule has 49 heavy (non-hydrogen) atoms. The van der Waals surface area contributed by atoms with Crippen molar-refractivity contribution in [1.29, 1.82) is 0 Å². The van der Waals surface area contributed by atoms with Gasteiger partial charge >= 0.3 is 6.03 Å². The molecule has 3 aromatic carbocycles. The van der Waals surface area contributed by atoms with Gasteiger partial charge in [-0.2, -0.15) is 15.0 Å². The summed E-state index contributed by atoms with van der Waals surface area (Å²) in [6.45, 7) is 5.41. The number of carbonyl (C=O) groups excluding carboxylic acids is 3. The lowest BCUT2D eigenvalue weighted by Crippen LogP contribution is -2.40. The van der Waals surface area contributed by atoms with Crippen LogP contribution in [0.2, 0.25) is 0 Å². The summed E-state index contributed by atoms with van der Waals surface area (Å²) in [5.41, 5.74) is 9.09. The van der Waals surface area contributed by atoms with E-state index in [1.165, 1.54) is 0 Å². The number of hydrogen-bond donors (Lipinski definition) is 5. The van der Waals surface area contributed by atoms with Crippen LogP contribution in [0.15, 0.2) is 72.8 Å². The van der Waals surface area contributed by atoms with Gasteiger partial charge in [0.2, 0.25) is 17.8 Å². The molecule has 0 bridgehead atoms. The van der Waals surface area contributed by atoms with Gasteiger partial charge in [-0.25, -0.2) is 4.79 Å². The summed E-state index contributed by atoms with van der Waals surface area (Å²) in [6.07, 6.45) is 0.0847.